The molecule has 1 spiro atoms. The molecule has 39 heavy (non-hydrogen) atoms. The lowest BCUT2D eigenvalue weighted by molar-refractivity contribution is -0.170. The maximum atomic E-state index is 15.3. The van der Waals surface area contributed by atoms with E-state index in [-0.39, 0.29) is 36.7 Å². The molecule has 3 aliphatic heterocycles. The van der Waals surface area contributed by atoms with Crippen molar-refractivity contribution in [1.82, 2.24) is 5.06 Å². The highest BCUT2D eigenvalue weighted by Gasteiger charge is 2.62. The molecule has 2 amide bonds. The Hall–Kier alpha value is -3.08. The van der Waals surface area contributed by atoms with Gasteiger partial charge in [0.05, 0.1) is 30.1 Å². The molecule has 1 saturated carbocycles. The summed E-state index contributed by atoms with van der Waals surface area (Å²) in [5.41, 5.74) is 0.115. The fourth-order valence-corrected chi connectivity index (χ4v) is 6.32. The topological polar surface area (TPSA) is 97.9 Å². The number of amides is 2. The number of ether oxygens (including phenoxy) is 3. The van der Waals surface area contributed by atoms with Gasteiger partial charge in [0.15, 0.2) is 6.10 Å². The molecule has 5 rings (SSSR count). The van der Waals surface area contributed by atoms with Crippen LogP contribution >= 0.6 is 0 Å². The van der Waals surface area contributed by atoms with Crippen LogP contribution in [0.3, 0.4) is 0 Å². The van der Waals surface area contributed by atoms with Gasteiger partial charge < -0.3 is 19.1 Å². The third-order valence-electron chi connectivity index (χ3n) is 8.14. The Morgan fingerprint density at radius 2 is 1.92 bits per heavy atom. The molecular formula is C28H38FN3O7. The van der Waals surface area contributed by atoms with Gasteiger partial charge in [-0.05, 0) is 71.1 Å². The predicted octanol–water partition coefficient (Wildman–Crippen LogP) is 4.79. The van der Waals surface area contributed by atoms with Crippen LogP contribution in [0, 0.1) is 11.2 Å². The third-order valence-corrected chi connectivity index (χ3v) is 8.14. The van der Waals surface area contributed by atoms with Gasteiger partial charge in [-0.15, -0.1) is 0 Å². The number of carbonyl (C=O) groups is 3. The van der Waals surface area contributed by atoms with Crippen molar-refractivity contribution in [3.05, 3.63) is 24.0 Å². The van der Waals surface area contributed by atoms with Crippen molar-refractivity contribution in [2.24, 2.45) is 5.41 Å². The Morgan fingerprint density at radius 1 is 1.18 bits per heavy atom. The summed E-state index contributed by atoms with van der Waals surface area (Å²) >= 11 is 0. The van der Waals surface area contributed by atoms with Crippen molar-refractivity contribution in [3.8, 4) is 0 Å². The molecule has 1 aromatic carbocycles. The van der Waals surface area contributed by atoms with Gasteiger partial charge in [0.1, 0.15) is 18.0 Å². The zero-order valence-electron chi connectivity index (χ0n) is 23.1. The number of cyclic esters (lactones) is 1. The highest BCUT2D eigenvalue weighted by Crippen LogP contribution is 2.56. The highest BCUT2D eigenvalue weighted by atomic mass is 19.1. The highest BCUT2D eigenvalue weighted by molar-refractivity contribution is 5.90. The van der Waals surface area contributed by atoms with E-state index in [0.717, 1.165) is 25.7 Å². The number of halogens is 1. The van der Waals surface area contributed by atoms with Crippen LogP contribution < -0.4 is 9.80 Å². The number of esters is 1. The van der Waals surface area contributed by atoms with E-state index in [1.807, 2.05) is 32.6 Å². The van der Waals surface area contributed by atoms with Crippen LogP contribution in [-0.4, -0.2) is 73.3 Å². The Labute approximate surface area is 228 Å². The fraction of sp³-hybridized carbons (Fsp3) is 0.679. The summed E-state index contributed by atoms with van der Waals surface area (Å²) in [7, 11) is 0. The van der Waals surface area contributed by atoms with E-state index in [9.17, 15) is 14.4 Å². The maximum Gasteiger partial charge on any atom is 0.434 e. The summed E-state index contributed by atoms with van der Waals surface area (Å²) in [5, 5.41) is 1.44. The first-order valence-corrected chi connectivity index (χ1v) is 13.9. The largest absolute Gasteiger partial charge is 0.462 e. The van der Waals surface area contributed by atoms with Gasteiger partial charge in [0.25, 0.3) is 0 Å². The van der Waals surface area contributed by atoms with Crippen molar-refractivity contribution in [1.29, 1.82) is 0 Å². The van der Waals surface area contributed by atoms with Gasteiger partial charge in [-0.3, -0.25) is 14.5 Å². The molecule has 2 unspecified atom stereocenters. The first kappa shape index (κ1) is 27.5. The Morgan fingerprint density at radius 3 is 2.59 bits per heavy atom. The van der Waals surface area contributed by atoms with Crippen molar-refractivity contribution in [3.63, 3.8) is 0 Å². The van der Waals surface area contributed by atoms with Crippen LogP contribution in [-0.2, 0) is 23.8 Å². The van der Waals surface area contributed by atoms with E-state index in [1.54, 1.807) is 12.1 Å². The molecule has 0 N–H and O–H groups in total. The Kier molecular flexibility index (Phi) is 7.39. The van der Waals surface area contributed by atoms with Gasteiger partial charge in [0.2, 0.25) is 0 Å². The van der Waals surface area contributed by atoms with Crippen LogP contribution in [0.4, 0.5) is 25.4 Å². The average molecular weight is 548 g/mol. The minimum Gasteiger partial charge on any atom is -0.462 e. The molecular weight excluding hydrogens is 509 g/mol. The lowest BCUT2D eigenvalue weighted by atomic mass is 9.73. The van der Waals surface area contributed by atoms with Crippen molar-refractivity contribution >= 4 is 29.5 Å². The minimum absolute atomic E-state index is 0.0196. The molecule has 4 fully saturated rings. The number of nitrogens with zero attached hydrogens (tertiary/aromatic N) is 3. The van der Waals surface area contributed by atoms with Gasteiger partial charge >= 0.3 is 18.2 Å². The van der Waals surface area contributed by atoms with E-state index in [1.165, 1.54) is 16.0 Å². The zero-order chi connectivity index (χ0) is 27.9. The Bertz CT molecular complexity index is 1110. The maximum absolute atomic E-state index is 15.3. The monoisotopic (exact) mass is 547 g/mol. The number of hydrogen-bond donors (Lipinski definition) is 0. The van der Waals surface area contributed by atoms with Crippen molar-refractivity contribution < 1.29 is 37.8 Å². The molecule has 1 aromatic rings. The lowest BCUT2D eigenvalue weighted by Crippen LogP contribution is -2.48. The summed E-state index contributed by atoms with van der Waals surface area (Å²) in [5.74, 6) is -0.754. The fourth-order valence-electron chi connectivity index (χ4n) is 6.32. The Balaban J connectivity index is 1.20. The normalized spacial score (nSPS) is 25.8. The van der Waals surface area contributed by atoms with E-state index in [4.69, 9.17) is 19.0 Å². The second-order valence-corrected chi connectivity index (χ2v) is 11.9. The van der Waals surface area contributed by atoms with Crippen molar-refractivity contribution in [2.75, 3.05) is 36.0 Å². The lowest BCUT2D eigenvalue weighted by Gasteiger charge is -2.42. The van der Waals surface area contributed by atoms with Crippen LogP contribution in [0.1, 0.15) is 66.2 Å². The van der Waals surface area contributed by atoms with Gasteiger partial charge in [-0.1, -0.05) is 6.92 Å². The average Bonchev–Trinajstić information content (AvgIpc) is 3.51. The third kappa shape index (κ3) is 5.37. The van der Waals surface area contributed by atoms with Gasteiger partial charge in [-0.2, -0.15) is 5.06 Å². The molecule has 11 heteroatoms. The molecule has 3 saturated heterocycles. The number of rotatable bonds is 6. The second kappa shape index (κ2) is 10.5. The number of hydrogen-bond acceptors (Lipinski definition) is 8. The quantitative estimate of drug-likeness (QED) is 0.370. The number of piperidine rings is 1. The molecule has 0 aromatic heterocycles. The number of hydroxylamine groups is 2. The first-order chi connectivity index (χ1) is 18.5. The first-order valence-electron chi connectivity index (χ1n) is 13.9. The molecule has 4 aliphatic rings. The molecule has 2 bridgehead atoms. The summed E-state index contributed by atoms with van der Waals surface area (Å²) in [6.07, 6.45) is 2.64. The summed E-state index contributed by atoms with van der Waals surface area (Å²) in [6.45, 7) is 8.81. The molecule has 10 nitrogen and oxygen atoms in total. The standard InChI is InChI=1S/C28H38FN3O7/c1-5-6-24(33)36-17-19-16-31(25(34)37-19)18-7-8-21(20(29)15-18)30-13-11-28(12-14-30)22-9-10-23(28)39-32(22)26(35)38-27(2,3)4/h7-8,15,19,22-23H,5-6,9-14,16-17H2,1-4H3/t19-,22?,23?/m1/s1. The molecule has 0 radical (unpaired) electrons. The van der Waals surface area contributed by atoms with Crippen LogP contribution in [0.2, 0.25) is 0 Å². The predicted molar refractivity (Wildman–Crippen MR) is 140 cm³/mol. The van der Waals surface area contributed by atoms with Gasteiger partial charge in [0, 0.05) is 24.9 Å². The summed E-state index contributed by atoms with van der Waals surface area (Å²) < 4.78 is 31.3. The molecule has 3 atom stereocenters. The SMILES string of the molecule is CCCC(=O)OC[C@H]1CN(c2ccc(N3CCC4(CC3)C3CCC4N(C(=O)OC(C)(C)C)O3)c(F)c2)C(=O)O1. The van der Waals surface area contributed by atoms with Crippen LogP contribution in [0.15, 0.2) is 18.2 Å². The minimum atomic E-state index is -0.601. The van der Waals surface area contributed by atoms with Crippen LogP contribution in [0.5, 0.6) is 0 Å². The van der Waals surface area contributed by atoms with Gasteiger partial charge in [-0.25, -0.2) is 14.0 Å². The molecule has 1 aliphatic carbocycles. The van der Waals surface area contributed by atoms with Crippen LogP contribution in [0.25, 0.3) is 0 Å². The van der Waals surface area contributed by atoms with E-state index in [0.29, 0.717) is 37.3 Å². The number of anilines is 2. The summed E-state index contributed by atoms with van der Waals surface area (Å²) in [6, 6.07) is 4.71. The van der Waals surface area contributed by atoms with E-state index < -0.39 is 29.7 Å². The second-order valence-electron chi connectivity index (χ2n) is 11.9. The zero-order valence-corrected chi connectivity index (χ0v) is 23.1. The molecule has 214 valence electrons. The van der Waals surface area contributed by atoms with E-state index >= 15 is 4.39 Å². The van der Waals surface area contributed by atoms with Crippen molar-refractivity contribution in [2.45, 2.75) is 90.1 Å². The number of carbonyl (C=O) groups excluding carboxylic acids is 3. The molecule has 3 heterocycles. The number of benzene rings is 1. The summed E-state index contributed by atoms with van der Waals surface area (Å²) in [4.78, 5) is 46.2. The smallest absolute Gasteiger partial charge is 0.434 e. The van der Waals surface area contributed by atoms with E-state index in [2.05, 4.69) is 0 Å².